The summed E-state index contributed by atoms with van der Waals surface area (Å²) in [5.41, 5.74) is -1.73. The summed E-state index contributed by atoms with van der Waals surface area (Å²) in [6, 6.07) is 0. The highest BCUT2D eigenvalue weighted by Gasteiger charge is 2.74. The molecule has 0 aliphatic heterocycles. The average Bonchev–Trinajstić information content (AvgIpc) is 3.28. The van der Waals surface area contributed by atoms with Gasteiger partial charge >= 0.3 is 11.9 Å². The Hall–Kier alpha value is -1.14. The number of carboxylic acids is 2. The van der Waals surface area contributed by atoms with Crippen LogP contribution in [0.3, 0.4) is 0 Å². The van der Waals surface area contributed by atoms with Crippen LogP contribution in [0.5, 0.6) is 0 Å². The monoisotopic (exact) mass is 610 g/mol. The molecule has 8 aliphatic rings. The summed E-state index contributed by atoms with van der Waals surface area (Å²) >= 11 is 0. The normalized spacial score (nSPS) is 60.9. The van der Waals surface area contributed by atoms with Gasteiger partial charge in [0.2, 0.25) is 0 Å². The molecule has 0 aromatic heterocycles. The van der Waals surface area contributed by atoms with Gasteiger partial charge in [-0.25, -0.2) is 0 Å². The van der Waals surface area contributed by atoms with Crippen molar-refractivity contribution in [1.29, 1.82) is 0 Å². The molecule has 246 valence electrons. The van der Waals surface area contributed by atoms with Crippen molar-refractivity contribution in [1.82, 2.24) is 0 Å². The molecule has 8 fully saturated rings. The van der Waals surface area contributed by atoms with Gasteiger partial charge in [-0.15, -0.1) is 0 Å². The lowest BCUT2D eigenvalue weighted by Gasteiger charge is -2.64. The number of hydrogen-bond acceptors (Lipinski definition) is 4. The summed E-state index contributed by atoms with van der Waals surface area (Å²) in [5, 5.41) is 46.0. The zero-order valence-electron chi connectivity index (χ0n) is 27.7. The van der Waals surface area contributed by atoms with Gasteiger partial charge < -0.3 is 20.4 Å². The molecule has 16 atom stereocenters. The van der Waals surface area contributed by atoms with E-state index in [1.54, 1.807) is 0 Å². The zero-order valence-corrected chi connectivity index (χ0v) is 27.7. The van der Waals surface area contributed by atoms with Gasteiger partial charge in [0.1, 0.15) is 0 Å². The van der Waals surface area contributed by atoms with Crippen molar-refractivity contribution >= 4 is 11.9 Å². The molecular weight excluding hydrogens is 552 g/mol. The van der Waals surface area contributed by atoms with Crippen molar-refractivity contribution in [2.45, 2.75) is 143 Å². The molecule has 16 unspecified atom stereocenters. The molecule has 0 saturated heterocycles. The van der Waals surface area contributed by atoms with Crippen LogP contribution in [0.2, 0.25) is 0 Å². The van der Waals surface area contributed by atoms with Gasteiger partial charge in [0.05, 0.1) is 23.0 Å². The molecule has 0 aromatic carbocycles. The van der Waals surface area contributed by atoms with Gasteiger partial charge in [-0.3, -0.25) is 9.59 Å². The van der Waals surface area contributed by atoms with Crippen LogP contribution in [-0.2, 0) is 9.59 Å². The quantitative estimate of drug-likeness (QED) is 0.270. The number of carboxylic acid groups (broad SMARTS) is 2. The van der Waals surface area contributed by atoms with Gasteiger partial charge in [0.15, 0.2) is 0 Å². The largest absolute Gasteiger partial charge is 0.481 e. The summed E-state index contributed by atoms with van der Waals surface area (Å²) in [6.07, 6.45) is 14.9. The Morgan fingerprint density at radius 2 is 0.909 bits per heavy atom. The third kappa shape index (κ3) is 3.37. The minimum atomic E-state index is -0.675. The number of aliphatic hydroxyl groups excluding tert-OH is 2. The summed E-state index contributed by atoms with van der Waals surface area (Å²) < 4.78 is 0. The maximum absolute atomic E-state index is 12.7. The van der Waals surface area contributed by atoms with Crippen LogP contribution in [0.4, 0.5) is 0 Å². The minimum Gasteiger partial charge on any atom is -0.481 e. The number of fused-ring (bicyclic) bond motifs is 6. The molecule has 0 aromatic rings. The third-order valence-corrected chi connectivity index (χ3v) is 18.1. The van der Waals surface area contributed by atoms with Gasteiger partial charge in [-0.05, 0) is 162 Å². The second-order valence-corrected chi connectivity index (χ2v) is 19.0. The molecule has 0 amide bonds. The first-order chi connectivity index (χ1) is 20.7. The highest BCUT2D eigenvalue weighted by Crippen LogP contribution is 2.77. The fraction of sp³-hybridized carbons (Fsp3) is 0.947. The summed E-state index contributed by atoms with van der Waals surface area (Å²) in [6.45, 7) is 8.78. The fourth-order valence-electron chi connectivity index (χ4n) is 16.6. The summed E-state index contributed by atoms with van der Waals surface area (Å²) in [5.74, 6) is 0.936. The predicted molar refractivity (Wildman–Crippen MR) is 166 cm³/mol. The number of aliphatic carboxylic acids is 2. The first kappa shape index (κ1) is 30.2. The Bertz CT molecular complexity index is 1160. The van der Waals surface area contributed by atoms with Gasteiger partial charge in [-0.2, -0.15) is 0 Å². The fourth-order valence-corrected chi connectivity index (χ4v) is 16.6. The molecule has 0 heterocycles. The van der Waals surface area contributed by atoms with Gasteiger partial charge in [0, 0.05) is 10.8 Å². The highest BCUT2D eigenvalue weighted by atomic mass is 16.4. The van der Waals surface area contributed by atoms with Crippen LogP contribution < -0.4 is 0 Å². The molecule has 6 nitrogen and oxygen atoms in total. The number of aliphatic hydroxyl groups is 2. The Balaban J connectivity index is 1.11. The second kappa shape index (κ2) is 9.26. The van der Waals surface area contributed by atoms with Crippen LogP contribution in [0, 0.1) is 79.8 Å². The third-order valence-electron chi connectivity index (χ3n) is 18.1. The van der Waals surface area contributed by atoms with Gasteiger partial charge in [-0.1, -0.05) is 26.7 Å². The maximum atomic E-state index is 12.7. The first-order valence-corrected chi connectivity index (χ1v) is 18.5. The molecule has 6 heteroatoms. The van der Waals surface area contributed by atoms with E-state index in [0.717, 1.165) is 103 Å². The Labute approximate surface area is 264 Å². The lowest BCUT2D eigenvalue weighted by Crippen LogP contribution is -2.61. The van der Waals surface area contributed by atoms with Gasteiger partial charge in [0.25, 0.3) is 0 Å². The molecule has 8 rings (SSSR count). The number of hydrogen-bond donors (Lipinski definition) is 4. The molecule has 4 bridgehead atoms. The van der Waals surface area contributed by atoms with Crippen LogP contribution in [0.25, 0.3) is 0 Å². The SMILES string of the molecule is CC1(C(=O)O)CCCC2(C)C1CCC13CC(CCC21)C(C1C2CCC4C5(C)CCCC(C)(C(=O)O)C5CCC4(C2)C1O)C3O. The molecule has 2 spiro atoms. The average molecular weight is 611 g/mol. The highest BCUT2D eigenvalue weighted by molar-refractivity contribution is 5.75. The standard InChI is InChI=1S/C38H58O6/c1-33-13-5-15-35(3,31(41)42)23(33)11-17-37-19-21(7-9-25(33)37)27(29(37)39)28-22-8-10-26-34(2)14-6-16-36(4,32(43)44)24(34)12-18-38(26,20-22)30(28)40/h21-30,39-40H,5-20H2,1-4H3,(H,41,42)(H,43,44). The molecule has 0 radical (unpaired) electrons. The molecule has 44 heavy (non-hydrogen) atoms. The van der Waals surface area contributed by atoms with Crippen LogP contribution >= 0.6 is 0 Å². The van der Waals surface area contributed by atoms with E-state index in [4.69, 9.17) is 0 Å². The van der Waals surface area contributed by atoms with E-state index in [2.05, 4.69) is 13.8 Å². The van der Waals surface area contributed by atoms with E-state index < -0.39 is 35.0 Å². The van der Waals surface area contributed by atoms with Crippen molar-refractivity contribution < 1.29 is 30.0 Å². The predicted octanol–water partition coefficient (Wildman–Crippen LogP) is 7.16. The summed E-state index contributed by atoms with van der Waals surface area (Å²) in [4.78, 5) is 25.2. The van der Waals surface area contributed by atoms with Crippen molar-refractivity contribution in [2.75, 3.05) is 0 Å². The van der Waals surface area contributed by atoms with Crippen molar-refractivity contribution in [3.05, 3.63) is 0 Å². The Morgan fingerprint density at radius 1 is 0.523 bits per heavy atom. The number of carbonyl (C=O) groups is 2. The first-order valence-electron chi connectivity index (χ1n) is 18.5. The van der Waals surface area contributed by atoms with E-state index in [1.807, 2.05) is 13.8 Å². The van der Waals surface area contributed by atoms with Crippen LogP contribution in [0.15, 0.2) is 0 Å². The molecule has 8 aliphatic carbocycles. The Kier molecular flexibility index (Phi) is 6.36. The minimum absolute atomic E-state index is 0.0524. The molecular formula is C38H58O6. The number of rotatable bonds is 3. The van der Waals surface area contributed by atoms with E-state index in [0.29, 0.717) is 23.7 Å². The lowest BCUT2D eigenvalue weighted by molar-refractivity contribution is -0.195. The van der Waals surface area contributed by atoms with Crippen molar-refractivity contribution in [2.24, 2.45) is 79.8 Å². The van der Waals surface area contributed by atoms with E-state index >= 15 is 0 Å². The second-order valence-electron chi connectivity index (χ2n) is 19.0. The zero-order chi connectivity index (χ0) is 31.2. The smallest absolute Gasteiger partial charge is 0.309 e. The van der Waals surface area contributed by atoms with E-state index in [-0.39, 0.29) is 45.3 Å². The van der Waals surface area contributed by atoms with Crippen LogP contribution in [-0.4, -0.2) is 44.6 Å². The molecule has 4 N–H and O–H groups in total. The molecule has 8 saturated carbocycles. The topological polar surface area (TPSA) is 115 Å². The lowest BCUT2D eigenvalue weighted by atomic mass is 9.40. The van der Waals surface area contributed by atoms with Crippen LogP contribution in [0.1, 0.15) is 130 Å². The maximum Gasteiger partial charge on any atom is 0.309 e. The summed E-state index contributed by atoms with van der Waals surface area (Å²) in [7, 11) is 0. The van der Waals surface area contributed by atoms with Crippen molar-refractivity contribution in [3.63, 3.8) is 0 Å². The van der Waals surface area contributed by atoms with E-state index in [1.165, 1.54) is 0 Å². The van der Waals surface area contributed by atoms with Crippen molar-refractivity contribution in [3.8, 4) is 0 Å². The van der Waals surface area contributed by atoms with E-state index in [9.17, 15) is 30.0 Å². The Morgan fingerprint density at radius 3 is 1.27 bits per heavy atom.